The predicted molar refractivity (Wildman–Crippen MR) is 88.8 cm³/mol. The average Bonchev–Trinajstić information content (AvgIpc) is 2.66. The van der Waals surface area contributed by atoms with Crippen LogP contribution in [-0.4, -0.2) is 43.0 Å². The lowest BCUT2D eigenvalue weighted by atomic mass is 9.96. The van der Waals surface area contributed by atoms with Gasteiger partial charge in [0.1, 0.15) is 0 Å². The SMILES string of the molecule is [2H]c1c([2H])c(C([2H])(c2ccccc2)N2CCN(C)CC2)c([2H])c([2H])c1Cl. The highest BCUT2D eigenvalue weighted by Crippen LogP contribution is 2.30. The van der Waals surface area contributed by atoms with Gasteiger partial charge in [-0.2, -0.15) is 0 Å². The first-order valence-electron chi connectivity index (χ1n) is 9.54. The zero-order valence-corrected chi connectivity index (χ0v) is 12.7. The van der Waals surface area contributed by atoms with Gasteiger partial charge in [-0.3, -0.25) is 4.90 Å². The van der Waals surface area contributed by atoms with Crippen molar-refractivity contribution in [1.82, 2.24) is 9.80 Å². The fourth-order valence-electron chi connectivity index (χ4n) is 2.53. The zero-order valence-electron chi connectivity index (χ0n) is 17.0. The standard InChI is InChI=1S/C18H21ClN2/c1-20-11-13-21(14-12-20)18(15-5-3-2-4-6-15)16-7-9-17(19)10-8-16/h2-10,18H,11-14H2,1H3/i7D,8D,9D,10D,18D. The second-order valence-electron chi connectivity index (χ2n) is 5.19. The number of rotatable bonds is 3. The number of benzene rings is 2. The smallest absolute Gasteiger partial charge is 0.0639 e. The van der Waals surface area contributed by atoms with E-state index in [0.717, 1.165) is 13.1 Å². The summed E-state index contributed by atoms with van der Waals surface area (Å²) in [7, 11) is 2.02. The number of halogens is 1. The summed E-state index contributed by atoms with van der Waals surface area (Å²) in [6.07, 6.45) is 0. The van der Waals surface area contributed by atoms with Crippen molar-refractivity contribution in [3.63, 3.8) is 0 Å². The summed E-state index contributed by atoms with van der Waals surface area (Å²) in [4.78, 5) is 4.08. The summed E-state index contributed by atoms with van der Waals surface area (Å²) in [6.45, 7) is 2.72. The van der Waals surface area contributed by atoms with E-state index in [-0.39, 0.29) is 34.8 Å². The Morgan fingerprint density at radius 3 is 2.24 bits per heavy atom. The Morgan fingerprint density at radius 1 is 1.00 bits per heavy atom. The molecule has 3 heteroatoms. The van der Waals surface area contributed by atoms with Crippen molar-refractivity contribution in [1.29, 1.82) is 0 Å². The highest BCUT2D eigenvalue weighted by molar-refractivity contribution is 6.30. The van der Waals surface area contributed by atoms with Gasteiger partial charge in [0.2, 0.25) is 0 Å². The summed E-state index contributed by atoms with van der Waals surface area (Å²) in [5, 5.41) is -0.211. The van der Waals surface area contributed by atoms with Crippen LogP contribution in [0.25, 0.3) is 0 Å². The molecule has 1 unspecified atom stereocenters. The molecule has 1 atom stereocenters. The van der Waals surface area contributed by atoms with Crippen LogP contribution < -0.4 is 0 Å². The van der Waals surface area contributed by atoms with Gasteiger partial charge < -0.3 is 4.90 Å². The van der Waals surface area contributed by atoms with E-state index >= 15 is 0 Å². The Balaban J connectivity index is 2.26. The zero-order chi connectivity index (χ0) is 19.1. The fraction of sp³-hybridized carbons (Fsp3) is 0.333. The summed E-state index contributed by atoms with van der Waals surface area (Å²) in [5.41, 5.74) is 0.667. The lowest BCUT2D eigenvalue weighted by Gasteiger charge is -2.38. The molecule has 0 aliphatic carbocycles. The highest BCUT2D eigenvalue weighted by atomic mass is 35.5. The van der Waals surface area contributed by atoms with E-state index < -0.39 is 6.02 Å². The maximum atomic E-state index is 9.37. The van der Waals surface area contributed by atoms with E-state index in [2.05, 4.69) is 4.90 Å². The maximum Gasteiger partial charge on any atom is 0.0639 e. The van der Waals surface area contributed by atoms with E-state index in [9.17, 15) is 1.37 Å². The molecule has 1 aliphatic rings. The van der Waals surface area contributed by atoms with Crippen molar-refractivity contribution in [2.45, 2.75) is 6.02 Å². The lowest BCUT2D eigenvalue weighted by molar-refractivity contribution is 0.127. The summed E-state index contributed by atoms with van der Waals surface area (Å²) in [6, 6.07) is 6.45. The van der Waals surface area contributed by atoms with Gasteiger partial charge in [0.15, 0.2) is 0 Å². The Bertz CT molecular complexity index is 780. The molecule has 1 fully saturated rings. The van der Waals surface area contributed by atoms with Crippen molar-refractivity contribution in [2.75, 3.05) is 33.2 Å². The van der Waals surface area contributed by atoms with Crippen molar-refractivity contribution in [3.8, 4) is 0 Å². The van der Waals surface area contributed by atoms with Crippen LogP contribution in [-0.2, 0) is 0 Å². The van der Waals surface area contributed by atoms with Crippen molar-refractivity contribution < 1.29 is 6.85 Å². The Morgan fingerprint density at radius 2 is 1.62 bits per heavy atom. The van der Waals surface area contributed by atoms with Gasteiger partial charge in [0.25, 0.3) is 0 Å². The van der Waals surface area contributed by atoms with E-state index in [1.807, 2.05) is 30.1 Å². The van der Waals surface area contributed by atoms with Crippen LogP contribution >= 0.6 is 11.6 Å². The molecule has 1 heterocycles. The average molecular weight is 306 g/mol. The quantitative estimate of drug-likeness (QED) is 0.853. The second-order valence-corrected chi connectivity index (χ2v) is 5.57. The van der Waals surface area contributed by atoms with Gasteiger partial charge >= 0.3 is 0 Å². The number of hydrogen-bond acceptors (Lipinski definition) is 2. The Kier molecular flexibility index (Phi) is 3.03. The van der Waals surface area contributed by atoms with Gasteiger partial charge in [-0.25, -0.2) is 0 Å². The number of piperazine rings is 1. The summed E-state index contributed by atoms with van der Waals surface area (Å²) >= 11 is 5.96. The molecule has 0 amide bonds. The molecule has 21 heavy (non-hydrogen) atoms. The molecule has 0 radical (unpaired) electrons. The molecule has 2 aromatic rings. The monoisotopic (exact) mass is 305 g/mol. The van der Waals surface area contributed by atoms with Crippen LogP contribution in [0.2, 0.25) is 5.02 Å². The number of nitrogens with zero attached hydrogens (tertiary/aromatic N) is 2. The molecule has 0 N–H and O–H groups in total. The molecule has 110 valence electrons. The van der Waals surface area contributed by atoms with E-state index in [4.69, 9.17) is 17.1 Å². The predicted octanol–water partition coefficient (Wildman–Crippen LogP) is 3.68. The third kappa shape index (κ3) is 3.46. The highest BCUT2D eigenvalue weighted by Gasteiger charge is 2.25. The molecule has 0 aromatic heterocycles. The van der Waals surface area contributed by atoms with E-state index in [1.54, 1.807) is 12.1 Å². The first-order valence-corrected chi connectivity index (χ1v) is 7.41. The first kappa shape index (κ1) is 9.62. The second kappa shape index (κ2) is 6.61. The molecule has 0 saturated carbocycles. The Hall–Kier alpha value is -1.35. The van der Waals surface area contributed by atoms with Crippen LogP contribution in [0.5, 0.6) is 0 Å². The topological polar surface area (TPSA) is 6.48 Å². The third-order valence-electron chi connectivity index (χ3n) is 3.70. The minimum absolute atomic E-state index is 0.0488. The minimum Gasteiger partial charge on any atom is -0.304 e. The number of likely N-dealkylation sites (N-methyl/N-ethyl adjacent to an activating group) is 1. The normalized spacial score (nSPS) is 23.4. The molecule has 0 spiro atoms. The van der Waals surface area contributed by atoms with Crippen molar-refractivity contribution in [3.05, 3.63) is 70.7 Å². The molecule has 1 aliphatic heterocycles. The molecular formula is C18H21ClN2. The van der Waals surface area contributed by atoms with Crippen LogP contribution in [0.4, 0.5) is 0 Å². The van der Waals surface area contributed by atoms with Crippen molar-refractivity contribution >= 4 is 11.6 Å². The lowest BCUT2D eigenvalue weighted by Crippen LogP contribution is -2.46. The molecule has 2 aromatic carbocycles. The number of hydrogen-bond donors (Lipinski definition) is 0. The van der Waals surface area contributed by atoms with Crippen LogP contribution in [0.1, 0.15) is 24.0 Å². The van der Waals surface area contributed by atoms with Gasteiger partial charge in [0.05, 0.1) is 12.9 Å². The summed E-state index contributed by atoms with van der Waals surface area (Å²) in [5.74, 6) is 0. The first-order chi connectivity index (χ1) is 12.3. The third-order valence-corrected chi connectivity index (χ3v) is 3.89. The van der Waals surface area contributed by atoms with Crippen LogP contribution in [0.15, 0.2) is 54.5 Å². The van der Waals surface area contributed by atoms with Gasteiger partial charge in [-0.05, 0) is 30.3 Å². The maximum absolute atomic E-state index is 9.37. The van der Waals surface area contributed by atoms with Gasteiger partial charge in [-0.1, -0.05) is 54.0 Å². The molecule has 3 rings (SSSR count). The molecular weight excluding hydrogens is 280 g/mol. The molecule has 1 saturated heterocycles. The van der Waals surface area contributed by atoms with Crippen LogP contribution in [0.3, 0.4) is 0 Å². The largest absolute Gasteiger partial charge is 0.304 e. The summed E-state index contributed by atoms with van der Waals surface area (Å²) < 4.78 is 42.3. The van der Waals surface area contributed by atoms with E-state index in [0.29, 0.717) is 18.7 Å². The van der Waals surface area contributed by atoms with Crippen LogP contribution in [0, 0.1) is 0 Å². The fourth-order valence-corrected chi connectivity index (χ4v) is 2.62. The van der Waals surface area contributed by atoms with Crippen molar-refractivity contribution in [2.24, 2.45) is 0 Å². The molecule has 2 nitrogen and oxygen atoms in total. The van der Waals surface area contributed by atoms with Gasteiger partial charge in [0, 0.05) is 31.2 Å². The minimum atomic E-state index is -1.52. The van der Waals surface area contributed by atoms with Gasteiger partial charge in [-0.15, -0.1) is 0 Å². The Labute approximate surface area is 139 Å². The van der Waals surface area contributed by atoms with E-state index in [1.165, 1.54) is 0 Å². The molecule has 0 bridgehead atoms.